The molecule has 0 aromatic carbocycles. The van der Waals surface area contributed by atoms with Crippen LogP contribution < -0.4 is 11.3 Å². The molecule has 1 atom stereocenters. The number of ether oxygens (including phenoxy) is 1. The molecule has 0 aromatic heterocycles. The van der Waals surface area contributed by atoms with Crippen LogP contribution in [0.1, 0.15) is 32.1 Å². The molecule has 0 spiro atoms. The lowest BCUT2D eigenvalue weighted by Crippen LogP contribution is -2.37. The Bertz CT molecular complexity index is 205. The lowest BCUT2D eigenvalue weighted by molar-refractivity contribution is 0.192. The van der Waals surface area contributed by atoms with E-state index in [1.165, 1.54) is 25.7 Å². The summed E-state index contributed by atoms with van der Waals surface area (Å²) in [5.74, 6) is 6.85. The van der Waals surface area contributed by atoms with Crippen LogP contribution in [0.25, 0.3) is 0 Å². The zero-order valence-electron chi connectivity index (χ0n) is 8.54. The fourth-order valence-corrected chi connectivity index (χ4v) is 2.24. The first-order valence-corrected chi connectivity index (χ1v) is 5.52. The summed E-state index contributed by atoms with van der Waals surface area (Å²) >= 11 is 0. The Balaban J connectivity index is 1.95. The van der Waals surface area contributed by atoms with E-state index in [-0.39, 0.29) is 0 Å². The monoisotopic (exact) mass is 197 g/mol. The normalized spacial score (nSPS) is 29.8. The Hall–Kier alpha value is -0.610. The summed E-state index contributed by atoms with van der Waals surface area (Å²) in [6.07, 6.45) is 6.12. The van der Waals surface area contributed by atoms with E-state index in [1.54, 1.807) is 0 Å². The number of amidine groups is 1. The minimum atomic E-state index is 0.403. The summed E-state index contributed by atoms with van der Waals surface area (Å²) in [5, 5.41) is 0. The molecular formula is C10H19N3O. The first kappa shape index (κ1) is 9.93. The molecule has 80 valence electrons. The molecule has 0 amide bonds. The van der Waals surface area contributed by atoms with E-state index < -0.39 is 0 Å². The molecule has 1 aliphatic carbocycles. The van der Waals surface area contributed by atoms with Crippen molar-refractivity contribution in [2.45, 2.75) is 38.1 Å². The van der Waals surface area contributed by atoms with E-state index >= 15 is 0 Å². The van der Waals surface area contributed by atoms with Gasteiger partial charge in [-0.05, 0) is 19.3 Å². The molecule has 2 fully saturated rings. The van der Waals surface area contributed by atoms with Crippen LogP contribution in [0.15, 0.2) is 4.99 Å². The summed E-state index contributed by atoms with van der Waals surface area (Å²) in [5.41, 5.74) is 2.74. The fourth-order valence-electron chi connectivity index (χ4n) is 2.24. The van der Waals surface area contributed by atoms with Crippen LogP contribution in [0.2, 0.25) is 0 Å². The van der Waals surface area contributed by atoms with Crippen LogP contribution in [0.3, 0.4) is 0 Å². The SMILES string of the molecule is NNC(=NC1CCCC1)C1CCOC1. The second-order valence-electron chi connectivity index (χ2n) is 4.16. The highest BCUT2D eigenvalue weighted by Gasteiger charge is 2.23. The molecule has 3 N–H and O–H groups in total. The van der Waals surface area contributed by atoms with Crippen LogP contribution in [0.5, 0.6) is 0 Å². The van der Waals surface area contributed by atoms with E-state index in [2.05, 4.69) is 10.4 Å². The number of hydrogen-bond donors (Lipinski definition) is 2. The van der Waals surface area contributed by atoms with Crippen LogP contribution >= 0.6 is 0 Å². The third-order valence-electron chi connectivity index (χ3n) is 3.11. The molecule has 4 heteroatoms. The maximum absolute atomic E-state index is 5.49. The number of hydrazine groups is 1. The summed E-state index contributed by atoms with van der Waals surface area (Å²) in [6, 6.07) is 0.502. The van der Waals surface area contributed by atoms with Gasteiger partial charge in [-0.3, -0.25) is 4.99 Å². The average Bonchev–Trinajstić information content (AvgIpc) is 2.86. The third kappa shape index (κ3) is 2.25. The molecule has 2 aliphatic rings. The molecule has 1 saturated heterocycles. The number of aliphatic imine (C=N–C) groups is 1. The van der Waals surface area contributed by atoms with Crippen molar-refractivity contribution in [1.29, 1.82) is 0 Å². The molecule has 1 unspecified atom stereocenters. The predicted octanol–water partition coefficient (Wildman–Crippen LogP) is 0.827. The highest BCUT2D eigenvalue weighted by Crippen LogP contribution is 2.22. The minimum absolute atomic E-state index is 0.403. The van der Waals surface area contributed by atoms with Gasteiger partial charge in [0.15, 0.2) is 0 Å². The van der Waals surface area contributed by atoms with Gasteiger partial charge >= 0.3 is 0 Å². The molecule has 1 heterocycles. The molecule has 0 radical (unpaired) electrons. The van der Waals surface area contributed by atoms with Gasteiger partial charge in [-0.2, -0.15) is 0 Å². The molecule has 2 rings (SSSR count). The van der Waals surface area contributed by atoms with Crippen LogP contribution in [0.4, 0.5) is 0 Å². The first-order valence-electron chi connectivity index (χ1n) is 5.52. The fraction of sp³-hybridized carbons (Fsp3) is 0.900. The maximum atomic E-state index is 5.49. The van der Waals surface area contributed by atoms with Crippen molar-refractivity contribution in [3.63, 3.8) is 0 Å². The van der Waals surface area contributed by atoms with Gasteiger partial charge in [0.25, 0.3) is 0 Å². The second-order valence-corrected chi connectivity index (χ2v) is 4.16. The average molecular weight is 197 g/mol. The zero-order valence-corrected chi connectivity index (χ0v) is 8.54. The standard InChI is InChI=1S/C10H19N3O/c11-13-10(8-5-6-14-7-8)12-9-3-1-2-4-9/h8-9H,1-7,11H2,(H,12,13). The number of nitrogens with zero attached hydrogens (tertiary/aromatic N) is 1. The van der Waals surface area contributed by atoms with Crippen LogP contribution in [0, 0.1) is 5.92 Å². The Morgan fingerprint density at radius 2 is 2.07 bits per heavy atom. The quantitative estimate of drug-likeness (QED) is 0.298. The maximum Gasteiger partial charge on any atom is 0.116 e. The van der Waals surface area contributed by atoms with Gasteiger partial charge in [0.2, 0.25) is 0 Å². The van der Waals surface area contributed by atoms with Gasteiger partial charge in [-0.1, -0.05) is 12.8 Å². The van der Waals surface area contributed by atoms with Crippen molar-refractivity contribution in [1.82, 2.24) is 5.43 Å². The van der Waals surface area contributed by atoms with Gasteiger partial charge in [0.05, 0.1) is 12.6 Å². The summed E-state index contributed by atoms with van der Waals surface area (Å²) in [4.78, 5) is 4.68. The lowest BCUT2D eigenvalue weighted by atomic mass is 10.1. The van der Waals surface area contributed by atoms with Crippen LogP contribution in [-0.2, 0) is 4.74 Å². The van der Waals surface area contributed by atoms with Crippen molar-refractivity contribution in [2.24, 2.45) is 16.8 Å². The number of nitrogens with two attached hydrogens (primary N) is 1. The lowest BCUT2D eigenvalue weighted by Gasteiger charge is -2.13. The zero-order chi connectivity index (χ0) is 9.80. The molecule has 4 nitrogen and oxygen atoms in total. The molecule has 1 saturated carbocycles. The summed E-state index contributed by atoms with van der Waals surface area (Å²) in [7, 11) is 0. The van der Waals surface area contributed by atoms with E-state index in [0.29, 0.717) is 12.0 Å². The highest BCUT2D eigenvalue weighted by atomic mass is 16.5. The Morgan fingerprint density at radius 1 is 1.29 bits per heavy atom. The first-order chi connectivity index (χ1) is 6.90. The van der Waals surface area contributed by atoms with Gasteiger partial charge in [0, 0.05) is 12.5 Å². The number of hydrogen-bond acceptors (Lipinski definition) is 3. The van der Waals surface area contributed by atoms with Crippen molar-refractivity contribution >= 4 is 5.84 Å². The Morgan fingerprint density at radius 3 is 2.64 bits per heavy atom. The van der Waals surface area contributed by atoms with Crippen molar-refractivity contribution in [3.05, 3.63) is 0 Å². The van der Waals surface area contributed by atoms with Crippen LogP contribution in [-0.4, -0.2) is 25.1 Å². The van der Waals surface area contributed by atoms with E-state index in [4.69, 9.17) is 10.6 Å². The topological polar surface area (TPSA) is 59.6 Å². The summed E-state index contributed by atoms with van der Waals surface area (Å²) in [6.45, 7) is 1.62. The third-order valence-corrected chi connectivity index (χ3v) is 3.11. The van der Waals surface area contributed by atoms with Crippen molar-refractivity contribution in [3.8, 4) is 0 Å². The second kappa shape index (κ2) is 4.75. The van der Waals surface area contributed by atoms with Crippen molar-refractivity contribution < 1.29 is 4.74 Å². The minimum Gasteiger partial charge on any atom is -0.381 e. The molecule has 1 aliphatic heterocycles. The van der Waals surface area contributed by atoms with E-state index in [9.17, 15) is 0 Å². The largest absolute Gasteiger partial charge is 0.381 e. The van der Waals surface area contributed by atoms with E-state index in [0.717, 1.165) is 25.5 Å². The van der Waals surface area contributed by atoms with Crippen molar-refractivity contribution in [2.75, 3.05) is 13.2 Å². The number of nitrogens with one attached hydrogen (secondary N) is 1. The molecule has 14 heavy (non-hydrogen) atoms. The van der Waals surface area contributed by atoms with Gasteiger partial charge < -0.3 is 10.2 Å². The number of rotatable bonds is 2. The predicted molar refractivity (Wildman–Crippen MR) is 55.9 cm³/mol. The van der Waals surface area contributed by atoms with Gasteiger partial charge in [-0.15, -0.1) is 0 Å². The smallest absolute Gasteiger partial charge is 0.116 e. The Kier molecular flexibility index (Phi) is 3.37. The van der Waals surface area contributed by atoms with Gasteiger partial charge in [0.1, 0.15) is 5.84 Å². The molecule has 0 aromatic rings. The van der Waals surface area contributed by atoms with E-state index in [1.807, 2.05) is 0 Å². The highest BCUT2D eigenvalue weighted by molar-refractivity contribution is 5.84. The molecule has 0 bridgehead atoms. The molecular weight excluding hydrogens is 178 g/mol. The summed E-state index contributed by atoms with van der Waals surface area (Å²) < 4.78 is 5.33. The Labute approximate surface area is 84.9 Å². The van der Waals surface area contributed by atoms with Gasteiger partial charge in [-0.25, -0.2) is 5.84 Å².